The van der Waals surface area contributed by atoms with Crippen molar-refractivity contribution in [2.24, 2.45) is 17.3 Å². The van der Waals surface area contributed by atoms with Gasteiger partial charge in [-0.2, -0.15) is 0 Å². The molecule has 1 aromatic heterocycles. The molecule has 0 bridgehead atoms. The molecule has 4 atom stereocenters. The fourth-order valence-corrected chi connectivity index (χ4v) is 5.52. The van der Waals surface area contributed by atoms with E-state index in [4.69, 9.17) is 5.11 Å². The Balaban J connectivity index is 1.64. The molecule has 6 heteroatoms. The van der Waals surface area contributed by atoms with Crippen molar-refractivity contribution in [3.63, 3.8) is 0 Å². The van der Waals surface area contributed by atoms with E-state index in [1.807, 2.05) is 24.3 Å². The summed E-state index contributed by atoms with van der Waals surface area (Å²) in [5.41, 5.74) is -0.840. The highest BCUT2D eigenvalue weighted by Crippen LogP contribution is 2.44. The van der Waals surface area contributed by atoms with Gasteiger partial charge in [-0.3, -0.25) is 9.59 Å². The summed E-state index contributed by atoms with van der Waals surface area (Å²) >= 11 is 1.66. The Hall–Kier alpha value is -2.28. The number of carboxylic acids is 1. The number of aliphatic hydroxyl groups excluding tert-OH is 2. The van der Waals surface area contributed by atoms with Gasteiger partial charge in [0.1, 0.15) is 5.78 Å². The molecule has 172 valence electrons. The minimum atomic E-state index is -0.840. The first-order valence-corrected chi connectivity index (χ1v) is 11.9. The number of allylic oxidation sites excluding steroid dienone is 2. The van der Waals surface area contributed by atoms with Crippen molar-refractivity contribution in [2.45, 2.75) is 58.2 Å². The standard InChI is InChI=1S/C26H32O5S/c1-26(2)24(30)20(10-5-3-4-6-12-23(28)29)21(25(26)31)14-13-18(27)16-19-15-17-9-7-8-11-22(17)32-19/h3,5,7-9,11,13-15,18,20-21,25,27,31H,4,6,10,12,16H2,1-2H3,(H,28,29)/b5-3-,14-13+/t18?,20-,21-,25-/m1/s1. The fraction of sp³-hybridized carbons (Fsp3) is 0.462. The van der Waals surface area contributed by atoms with E-state index >= 15 is 0 Å². The summed E-state index contributed by atoms with van der Waals surface area (Å²) in [4.78, 5) is 24.6. The number of ketones is 1. The molecule has 1 aliphatic carbocycles. The predicted octanol–water partition coefficient (Wildman–Crippen LogP) is 4.76. The first kappa shape index (κ1) is 24.4. The van der Waals surface area contributed by atoms with Crippen molar-refractivity contribution < 1.29 is 24.9 Å². The van der Waals surface area contributed by atoms with E-state index in [-0.39, 0.29) is 24.0 Å². The summed E-state index contributed by atoms with van der Waals surface area (Å²) in [6, 6.07) is 10.2. The third-order valence-corrected chi connectivity index (χ3v) is 7.44. The number of hydrogen-bond acceptors (Lipinski definition) is 5. The molecule has 3 N–H and O–H groups in total. The molecule has 0 radical (unpaired) electrons. The van der Waals surface area contributed by atoms with Crippen LogP contribution in [-0.4, -0.2) is 39.3 Å². The summed E-state index contributed by atoms with van der Waals surface area (Å²) in [7, 11) is 0. The van der Waals surface area contributed by atoms with Gasteiger partial charge in [-0.15, -0.1) is 11.3 Å². The average molecular weight is 457 g/mol. The zero-order valence-electron chi connectivity index (χ0n) is 18.6. The lowest BCUT2D eigenvalue weighted by Crippen LogP contribution is -2.31. The number of benzene rings is 1. The minimum Gasteiger partial charge on any atom is -0.481 e. The molecule has 32 heavy (non-hydrogen) atoms. The van der Waals surface area contributed by atoms with Crippen LogP contribution in [0.25, 0.3) is 10.1 Å². The molecular weight excluding hydrogens is 424 g/mol. The molecule has 5 nitrogen and oxygen atoms in total. The van der Waals surface area contributed by atoms with Crippen molar-refractivity contribution in [1.29, 1.82) is 0 Å². The molecular formula is C26H32O5S. The Labute approximate surface area is 193 Å². The van der Waals surface area contributed by atoms with Crippen LogP contribution in [0.15, 0.2) is 54.6 Å². The number of Topliss-reactive ketones (excluding diaryl/α,β-unsaturated/α-hetero) is 1. The molecule has 1 fully saturated rings. The van der Waals surface area contributed by atoms with E-state index in [0.717, 1.165) is 10.3 Å². The van der Waals surface area contributed by atoms with Gasteiger partial charge in [-0.05, 0) is 36.8 Å². The Bertz CT molecular complexity index is 970. The molecule has 3 rings (SSSR count). The average Bonchev–Trinajstić information content (AvgIpc) is 3.21. The highest BCUT2D eigenvalue weighted by molar-refractivity contribution is 7.19. The van der Waals surface area contributed by atoms with Crippen LogP contribution in [0.1, 0.15) is 44.4 Å². The quantitative estimate of drug-likeness (QED) is 0.354. The summed E-state index contributed by atoms with van der Waals surface area (Å²) in [5, 5.41) is 31.3. The number of aliphatic carboxylic acids is 1. The Morgan fingerprint density at radius 2 is 2.00 bits per heavy atom. The maximum Gasteiger partial charge on any atom is 0.303 e. The third kappa shape index (κ3) is 5.74. The predicted molar refractivity (Wildman–Crippen MR) is 128 cm³/mol. The number of unbranched alkanes of at least 4 members (excludes halogenated alkanes) is 1. The topological polar surface area (TPSA) is 94.8 Å². The van der Waals surface area contributed by atoms with Gasteiger partial charge in [0.25, 0.3) is 0 Å². The number of carbonyl (C=O) groups is 2. The lowest BCUT2D eigenvalue weighted by atomic mass is 9.86. The number of aliphatic hydroxyl groups is 2. The fourth-order valence-electron chi connectivity index (χ4n) is 4.40. The molecule has 0 aliphatic heterocycles. The van der Waals surface area contributed by atoms with Gasteiger partial charge in [-0.1, -0.05) is 56.4 Å². The Kier molecular flexibility index (Phi) is 8.04. The van der Waals surface area contributed by atoms with E-state index < -0.39 is 23.6 Å². The summed E-state index contributed by atoms with van der Waals surface area (Å²) in [5.74, 6) is -1.51. The highest BCUT2D eigenvalue weighted by Gasteiger charge is 2.52. The zero-order valence-corrected chi connectivity index (χ0v) is 19.4. The monoisotopic (exact) mass is 456 g/mol. The smallest absolute Gasteiger partial charge is 0.303 e. The molecule has 0 saturated heterocycles. The second-order valence-electron chi connectivity index (χ2n) is 9.11. The van der Waals surface area contributed by atoms with E-state index in [2.05, 4.69) is 18.2 Å². The van der Waals surface area contributed by atoms with E-state index in [9.17, 15) is 19.8 Å². The summed E-state index contributed by atoms with van der Waals surface area (Å²) < 4.78 is 1.19. The van der Waals surface area contributed by atoms with E-state index in [0.29, 0.717) is 25.7 Å². The van der Waals surface area contributed by atoms with Crippen LogP contribution in [-0.2, 0) is 16.0 Å². The number of rotatable bonds is 10. The highest BCUT2D eigenvalue weighted by atomic mass is 32.1. The number of thiophene rings is 1. The molecule has 0 amide bonds. The Morgan fingerprint density at radius 1 is 1.25 bits per heavy atom. The minimum absolute atomic E-state index is 0.0221. The first-order chi connectivity index (χ1) is 15.2. The lowest BCUT2D eigenvalue weighted by molar-refractivity contribution is -0.137. The van der Waals surface area contributed by atoms with Gasteiger partial charge in [0.2, 0.25) is 0 Å². The Morgan fingerprint density at radius 3 is 2.72 bits per heavy atom. The van der Waals surface area contributed by atoms with Crippen molar-refractivity contribution in [1.82, 2.24) is 0 Å². The van der Waals surface area contributed by atoms with Crippen molar-refractivity contribution in [2.75, 3.05) is 0 Å². The SMILES string of the molecule is CC1(C)C(=O)[C@H](C/C=C\CCCC(=O)O)[C@@H](/C=C/C(O)Cc2cc3ccccc3s2)[C@H]1O. The van der Waals surface area contributed by atoms with Crippen LogP contribution in [0.3, 0.4) is 0 Å². The third-order valence-electron chi connectivity index (χ3n) is 6.30. The maximum atomic E-state index is 12.9. The normalized spacial score (nSPS) is 24.1. The second kappa shape index (κ2) is 10.6. The van der Waals surface area contributed by atoms with E-state index in [1.165, 1.54) is 4.70 Å². The van der Waals surface area contributed by atoms with Crippen LogP contribution in [0.2, 0.25) is 0 Å². The molecule has 1 aliphatic rings. The van der Waals surface area contributed by atoms with Gasteiger partial charge in [0.15, 0.2) is 0 Å². The summed E-state index contributed by atoms with van der Waals surface area (Å²) in [6.07, 6.45) is 8.14. The van der Waals surface area contributed by atoms with Crippen LogP contribution in [0.5, 0.6) is 0 Å². The number of carboxylic acid groups (broad SMARTS) is 1. The molecule has 2 aromatic rings. The number of carbonyl (C=O) groups excluding carboxylic acids is 1. The van der Waals surface area contributed by atoms with Crippen molar-refractivity contribution >= 4 is 33.2 Å². The maximum absolute atomic E-state index is 12.9. The first-order valence-electron chi connectivity index (χ1n) is 11.1. The van der Waals surface area contributed by atoms with Gasteiger partial charge in [0.05, 0.1) is 17.6 Å². The largest absolute Gasteiger partial charge is 0.481 e. The van der Waals surface area contributed by atoms with Crippen LogP contribution in [0, 0.1) is 17.3 Å². The van der Waals surface area contributed by atoms with Crippen molar-refractivity contribution in [3.05, 3.63) is 59.5 Å². The molecule has 0 spiro atoms. The van der Waals surface area contributed by atoms with Crippen molar-refractivity contribution in [3.8, 4) is 0 Å². The molecule has 1 heterocycles. The lowest BCUT2D eigenvalue weighted by Gasteiger charge is -2.22. The zero-order chi connectivity index (χ0) is 23.3. The van der Waals surface area contributed by atoms with Gasteiger partial charge in [0, 0.05) is 34.3 Å². The van der Waals surface area contributed by atoms with Crippen LogP contribution in [0.4, 0.5) is 0 Å². The van der Waals surface area contributed by atoms with Gasteiger partial charge < -0.3 is 15.3 Å². The van der Waals surface area contributed by atoms with E-state index in [1.54, 1.807) is 37.3 Å². The van der Waals surface area contributed by atoms with Crippen LogP contribution < -0.4 is 0 Å². The molecule has 1 aromatic carbocycles. The van der Waals surface area contributed by atoms with Gasteiger partial charge >= 0.3 is 5.97 Å². The van der Waals surface area contributed by atoms with Crippen LogP contribution >= 0.6 is 11.3 Å². The number of hydrogen-bond donors (Lipinski definition) is 3. The summed E-state index contributed by atoms with van der Waals surface area (Å²) in [6.45, 7) is 3.54. The molecule has 1 unspecified atom stereocenters. The second-order valence-corrected chi connectivity index (χ2v) is 10.3. The number of fused-ring (bicyclic) bond motifs is 1. The molecule has 1 saturated carbocycles. The van der Waals surface area contributed by atoms with Gasteiger partial charge in [-0.25, -0.2) is 0 Å².